The fourth-order valence-electron chi connectivity index (χ4n) is 1.54. The van der Waals surface area contributed by atoms with Crippen LogP contribution in [0, 0.1) is 0 Å². The summed E-state index contributed by atoms with van der Waals surface area (Å²) in [5.74, 6) is 0. The number of hydrogen-bond donors (Lipinski definition) is 0. The highest BCUT2D eigenvalue weighted by molar-refractivity contribution is 5.84. The number of pyridine rings is 1. The molecule has 1 heteroatoms. The minimum Gasteiger partial charge on any atom is -0.217 e. The maximum absolute atomic E-state index is 3.09. The number of aryl methyl sites for hydroxylation is 1. The average Bonchev–Trinajstić information content (AvgIpc) is 2.17. The zero-order chi connectivity index (χ0) is 8.39. The van der Waals surface area contributed by atoms with Crippen molar-refractivity contribution in [2.75, 3.05) is 0 Å². The lowest BCUT2D eigenvalue weighted by Crippen LogP contribution is -1.98. The molecule has 0 amide bonds. The Morgan fingerprint density at radius 3 is 3.00 bits per heavy atom. The average molecular weight is 158 g/mol. The highest BCUT2D eigenvalue weighted by atomic mass is 14.6. The number of H-pyrrole nitrogens is 1. The van der Waals surface area contributed by atoms with Crippen LogP contribution in [0.5, 0.6) is 0 Å². The van der Waals surface area contributed by atoms with Gasteiger partial charge in [0.2, 0.25) is 0 Å². The van der Waals surface area contributed by atoms with Crippen LogP contribution >= 0.6 is 0 Å². The van der Waals surface area contributed by atoms with Gasteiger partial charge in [0.05, 0.1) is 0 Å². The largest absolute Gasteiger partial charge is 0.217 e. The molecule has 12 heavy (non-hydrogen) atoms. The van der Waals surface area contributed by atoms with E-state index in [4.69, 9.17) is 0 Å². The van der Waals surface area contributed by atoms with Gasteiger partial charge in [-0.2, -0.15) is 0 Å². The molecule has 0 spiro atoms. The number of hydrogen-bond acceptors (Lipinski definition) is 0. The van der Waals surface area contributed by atoms with Gasteiger partial charge in [-0.05, 0) is 23.4 Å². The monoisotopic (exact) mass is 158 g/mol. The van der Waals surface area contributed by atoms with Crippen molar-refractivity contribution >= 4 is 10.8 Å². The Bertz CT molecular complexity index is 388. The molecular weight excluding hydrogens is 146 g/mol. The minimum atomic E-state index is 1.10. The van der Waals surface area contributed by atoms with Gasteiger partial charge >= 0.3 is 0 Å². The molecule has 60 valence electrons. The van der Waals surface area contributed by atoms with Gasteiger partial charge in [0.1, 0.15) is 0 Å². The smallest absolute Gasteiger partial charge is 0.174 e. The van der Waals surface area contributed by atoms with Crippen LogP contribution in [0.2, 0.25) is 0 Å². The molecule has 0 aliphatic carbocycles. The summed E-state index contributed by atoms with van der Waals surface area (Å²) >= 11 is 0. The normalized spacial score (nSPS) is 10.4. The molecule has 0 atom stereocenters. The molecule has 0 aliphatic heterocycles. The topological polar surface area (TPSA) is 14.1 Å². The standard InChI is InChI=1S/C11H11N/c1-2-9-4-3-5-10-8-12-7-6-11(9)10/h3-8H,2H2,1H3/p+1. The number of nitrogens with one attached hydrogen (secondary N) is 1. The third-order valence-electron chi connectivity index (χ3n) is 2.20. The van der Waals surface area contributed by atoms with E-state index in [0.29, 0.717) is 0 Å². The third kappa shape index (κ3) is 1.07. The summed E-state index contributed by atoms with van der Waals surface area (Å²) < 4.78 is 0. The molecule has 0 fully saturated rings. The van der Waals surface area contributed by atoms with Crippen molar-refractivity contribution in [2.45, 2.75) is 13.3 Å². The van der Waals surface area contributed by atoms with Gasteiger partial charge in [0, 0.05) is 11.5 Å². The van der Waals surface area contributed by atoms with Crippen molar-refractivity contribution < 1.29 is 4.98 Å². The van der Waals surface area contributed by atoms with E-state index >= 15 is 0 Å². The second kappa shape index (κ2) is 2.94. The lowest BCUT2D eigenvalue weighted by atomic mass is 10.1. The molecule has 0 unspecified atom stereocenters. The zero-order valence-corrected chi connectivity index (χ0v) is 7.17. The van der Waals surface area contributed by atoms with Crippen LogP contribution in [0.15, 0.2) is 36.7 Å². The molecule has 1 nitrogen and oxygen atoms in total. The Morgan fingerprint density at radius 2 is 2.17 bits per heavy atom. The molecule has 0 saturated carbocycles. The quantitative estimate of drug-likeness (QED) is 0.604. The number of rotatable bonds is 1. The maximum atomic E-state index is 3.09. The first-order chi connectivity index (χ1) is 5.92. The van der Waals surface area contributed by atoms with E-state index in [1.807, 2.05) is 12.4 Å². The zero-order valence-electron chi connectivity index (χ0n) is 7.17. The molecule has 0 radical (unpaired) electrons. The van der Waals surface area contributed by atoms with Crippen LogP contribution in [0.1, 0.15) is 12.5 Å². The fraction of sp³-hybridized carbons (Fsp3) is 0.182. The van der Waals surface area contributed by atoms with Crippen molar-refractivity contribution in [1.29, 1.82) is 0 Å². The summed E-state index contributed by atoms with van der Waals surface area (Å²) in [7, 11) is 0. The first-order valence-corrected chi connectivity index (χ1v) is 4.29. The number of benzene rings is 1. The summed E-state index contributed by atoms with van der Waals surface area (Å²) in [6, 6.07) is 8.55. The molecular formula is C11H12N+. The number of fused-ring (bicyclic) bond motifs is 1. The Labute approximate surface area is 72.1 Å². The number of aromatic amines is 1. The van der Waals surface area contributed by atoms with Crippen LogP contribution in [0.4, 0.5) is 0 Å². The van der Waals surface area contributed by atoms with Gasteiger partial charge in [-0.1, -0.05) is 19.1 Å². The van der Waals surface area contributed by atoms with Crippen LogP contribution < -0.4 is 4.98 Å². The minimum absolute atomic E-state index is 1.10. The summed E-state index contributed by atoms with van der Waals surface area (Å²) in [5.41, 5.74) is 1.42. The predicted octanol–water partition coefficient (Wildman–Crippen LogP) is 2.22. The Hall–Kier alpha value is -1.37. The van der Waals surface area contributed by atoms with Gasteiger partial charge < -0.3 is 0 Å². The van der Waals surface area contributed by atoms with Crippen molar-refractivity contribution in [3.05, 3.63) is 42.2 Å². The van der Waals surface area contributed by atoms with Crippen molar-refractivity contribution in [2.24, 2.45) is 0 Å². The molecule has 2 rings (SSSR count). The lowest BCUT2D eigenvalue weighted by Gasteiger charge is -1.99. The van der Waals surface area contributed by atoms with Gasteiger partial charge in [0.15, 0.2) is 12.4 Å². The van der Waals surface area contributed by atoms with Crippen LogP contribution in [-0.2, 0) is 6.42 Å². The maximum Gasteiger partial charge on any atom is 0.174 e. The predicted molar refractivity (Wildman–Crippen MR) is 49.9 cm³/mol. The Kier molecular flexibility index (Phi) is 1.78. The van der Waals surface area contributed by atoms with Crippen molar-refractivity contribution in [3.8, 4) is 0 Å². The summed E-state index contributed by atoms with van der Waals surface area (Å²) in [6.45, 7) is 2.19. The second-order valence-electron chi connectivity index (χ2n) is 2.92. The highest BCUT2D eigenvalue weighted by Gasteiger charge is 1.98. The van der Waals surface area contributed by atoms with E-state index in [2.05, 4.69) is 36.2 Å². The second-order valence-corrected chi connectivity index (χ2v) is 2.92. The Morgan fingerprint density at radius 1 is 1.25 bits per heavy atom. The molecule has 2 aromatic rings. The van der Waals surface area contributed by atoms with E-state index < -0.39 is 0 Å². The summed E-state index contributed by atoms with van der Waals surface area (Å²) in [5, 5.41) is 2.65. The summed E-state index contributed by atoms with van der Waals surface area (Å²) in [6.07, 6.45) is 5.11. The van der Waals surface area contributed by atoms with E-state index in [1.165, 1.54) is 16.3 Å². The molecule has 1 N–H and O–H groups in total. The van der Waals surface area contributed by atoms with Crippen molar-refractivity contribution in [3.63, 3.8) is 0 Å². The summed E-state index contributed by atoms with van der Waals surface area (Å²) in [4.78, 5) is 3.09. The van der Waals surface area contributed by atoms with Crippen LogP contribution in [-0.4, -0.2) is 0 Å². The van der Waals surface area contributed by atoms with E-state index in [9.17, 15) is 0 Å². The van der Waals surface area contributed by atoms with Gasteiger partial charge in [0.25, 0.3) is 0 Å². The highest BCUT2D eigenvalue weighted by Crippen LogP contribution is 2.16. The van der Waals surface area contributed by atoms with Gasteiger partial charge in [-0.25, -0.2) is 4.98 Å². The van der Waals surface area contributed by atoms with Gasteiger partial charge in [-0.3, -0.25) is 0 Å². The first kappa shape index (κ1) is 7.29. The third-order valence-corrected chi connectivity index (χ3v) is 2.20. The van der Waals surface area contributed by atoms with E-state index in [0.717, 1.165) is 6.42 Å². The first-order valence-electron chi connectivity index (χ1n) is 4.29. The SMILES string of the molecule is CCc1cccc2c[nH+]ccc12. The van der Waals surface area contributed by atoms with Crippen LogP contribution in [0.25, 0.3) is 10.8 Å². The van der Waals surface area contributed by atoms with Crippen LogP contribution in [0.3, 0.4) is 0 Å². The van der Waals surface area contributed by atoms with Crippen molar-refractivity contribution in [1.82, 2.24) is 0 Å². The molecule has 0 bridgehead atoms. The fourth-order valence-corrected chi connectivity index (χ4v) is 1.54. The lowest BCUT2D eigenvalue weighted by molar-refractivity contribution is -0.375. The molecule has 1 aromatic carbocycles. The molecule has 0 saturated heterocycles. The molecule has 0 aliphatic rings. The number of aromatic nitrogens is 1. The van der Waals surface area contributed by atoms with E-state index in [-0.39, 0.29) is 0 Å². The molecule has 1 heterocycles. The van der Waals surface area contributed by atoms with Gasteiger partial charge in [-0.15, -0.1) is 0 Å². The Balaban J connectivity index is 2.79. The van der Waals surface area contributed by atoms with E-state index in [1.54, 1.807) is 0 Å². The molecule has 1 aromatic heterocycles.